The van der Waals surface area contributed by atoms with E-state index in [4.69, 9.17) is 5.84 Å². The van der Waals surface area contributed by atoms with E-state index in [0.29, 0.717) is 5.82 Å². The molecule has 0 bridgehead atoms. The number of nitrogens with zero attached hydrogens (tertiary/aromatic N) is 3. The molecular formula is C10H11N5O. The van der Waals surface area contributed by atoms with E-state index < -0.39 is 5.69 Å². The number of anilines is 1. The standard InChI is InChI=1S/C10H11N5O/c1-15-8(7-5-3-2-4-6-7)12-9(14-11)13-10(15)16/h2-6H,11H2,1H3,(H,13,14,16). The molecule has 0 unspecified atom stereocenters. The molecule has 82 valence electrons. The summed E-state index contributed by atoms with van der Waals surface area (Å²) in [6.07, 6.45) is 0. The highest BCUT2D eigenvalue weighted by Crippen LogP contribution is 2.14. The second-order valence-corrected chi connectivity index (χ2v) is 3.22. The van der Waals surface area contributed by atoms with E-state index in [-0.39, 0.29) is 5.95 Å². The van der Waals surface area contributed by atoms with Crippen molar-refractivity contribution in [2.24, 2.45) is 12.9 Å². The van der Waals surface area contributed by atoms with Crippen molar-refractivity contribution < 1.29 is 0 Å². The minimum Gasteiger partial charge on any atom is -0.292 e. The van der Waals surface area contributed by atoms with Crippen molar-refractivity contribution in [3.8, 4) is 11.4 Å². The van der Waals surface area contributed by atoms with Gasteiger partial charge < -0.3 is 0 Å². The third-order valence-corrected chi connectivity index (χ3v) is 2.18. The van der Waals surface area contributed by atoms with Gasteiger partial charge in [0.05, 0.1) is 0 Å². The lowest BCUT2D eigenvalue weighted by Gasteiger charge is -2.07. The van der Waals surface area contributed by atoms with Gasteiger partial charge in [0.25, 0.3) is 0 Å². The molecule has 0 radical (unpaired) electrons. The van der Waals surface area contributed by atoms with Crippen LogP contribution in [0.3, 0.4) is 0 Å². The summed E-state index contributed by atoms with van der Waals surface area (Å²) in [5, 5.41) is 0. The van der Waals surface area contributed by atoms with Crippen molar-refractivity contribution in [3.63, 3.8) is 0 Å². The van der Waals surface area contributed by atoms with Crippen LogP contribution in [0, 0.1) is 0 Å². The van der Waals surface area contributed by atoms with Crippen molar-refractivity contribution in [1.29, 1.82) is 0 Å². The summed E-state index contributed by atoms with van der Waals surface area (Å²) < 4.78 is 1.37. The average Bonchev–Trinajstić information content (AvgIpc) is 2.33. The molecule has 1 aromatic carbocycles. The van der Waals surface area contributed by atoms with E-state index in [0.717, 1.165) is 5.56 Å². The molecule has 0 aliphatic rings. The number of nitrogens with two attached hydrogens (primary N) is 1. The summed E-state index contributed by atoms with van der Waals surface area (Å²) in [6.45, 7) is 0. The second kappa shape index (κ2) is 4.11. The number of hydrogen-bond acceptors (Lipinski definition) is 5. The van der Waals surface area contributed by atoms with E-state index in [9.17, 15) is 4.79 Å². The molecular weight excluding hydrogens is 206 g/mol. The molecule has 2 rings (SSSR count). The highest BCUT2D eigenvalue weighted by molar-refractivity contribution is 5.55. The molecule has 2 aromatic rings. The van der Waals surface area contributed by atoms with Gasteiger partial charge in [0.1, 0.15) is 5.82 Å². The van der Waals surface area contributed by atoms with Gasteiger partial charge in [-0.25, -0.2) is 10.6 Å². The van der Waals surface area contributed by atoms with Crippen molar-refractivity contribution in [1.82, 2.24) is 14.5 Å². The van der Waals surface area contributed by atoms with Crippen LogP contribution in [-0.2, 0) is 7.05 Å². The molecule has 16 heavy (non-hydrogen) atoms. The van der Waals surface area contributed by atoms with Crippen molar-refractivity contribution in [2.75, 3.05) is 5.43 Å². The first kappa shape index (κ1) is 10.3. The van der Waals surface area contributed by atoms with Crippen LogP contribution in [0.15, 0.2) is 35.1 Å². The van der Waals surface area contributed by atoms with Gasteiger partial charge in [0.15, 0.2) is 0 Å². The quantitative estimate of drug-likeness (QED) is 0.551. The zero-order valence-corrected chi connectivity index (χ0v) is 8.71. The first-order valence-electron chi connectivity index (χ1n) is 4.69. The summed E-state index contributed by atoms with van der Waals surface area (Å²) in [5.74, 6) is 5.83. The third-order valence-electron chi connectivity index (χ3n) is 2.18. The third kappa shape index (κ3) is 1.78. The minimum absolute atomic E-state index is 0.113. The number of aromatic nitrogens is 3. The Hall–Kier alpha value is -2.21. The van der Waals surface area contributed by atoms with Gasteiger partial charge in [-0.15, -0.1) is 0 Å². The summed E-state index contributed by atoms with van der Waals surface area (Å²) >= 11 is 0. The molecule has 0 saturated carbocycles. The molecule has 0 atom stereocenters. The minimum atomic E-state index is -0.401. The van der Waals surface area contributed by atoms with Crippen LogP contribution in [0.25, 0.3) is 11.4 Å². The summed E-state index contributed by atoms with van der Waals surface area (Å²) in [7, 11) is 1.62. The zero-order chi connectivity index (χ0) is 11.5. The van der Waals surface area contributed by atoms with Gasteiger partial charge in [-0.3, -0.25) is 9.99 Å². The van der Waals surface area contributed by atoms with Crippen molar-refractivity contribution in [3.05, 3.63) is 40.8 Å². The highest BCUT2D eigenvalue weighted by atomic mass is 16.1. The highest BCUT2D eigenvalue weighted by Gasteiger charge is 2.07. The lowest BCUT2D eigenvalue weighted by molar-refractivity contribution is 0.785. The lowest BCUT2D eigenvalue weighted by atomic mass is 10.2. The topological polar surface area (TPSA) is 85.8 Å². The van der Waals surface area contributed by atoms with E-state index >= 15 is 0 Å². The van der Waals surface area contributed by atoms with Gasteiger partial charge in [0, 0.05) is 12.6 Å². The Labute approximate surface area is 91.7 Å². The van der Waals surface area contributed by atoms with E-state index in [1.54, 1.807) is 7.05 Å². The van der Waals surface area contributed by atoms with Crippen molar-refractivity contribution in [2.45, 2.75) is 0 Å². The fourth-order valence-electron chi connectivity index (χ4n) is 1.37. The Morgan fingerprint density at radius 2 is 1.94 bits per heavy atom. The maximum atomic E-state index is 11.5. The van der Waals surface area contributed by atoms with Crippen LogP contribution in [0.1, 0.15) is 0 Å². The van der Waals surface area contributed by atoms with Crippen LogP contribution in [-0.4, -0.2) is 14.5 Å². The van der Waals surface area contributed by atoms with Crippen LogP contribution in [0.4, 0.5) is 5.95 Å². The molecule has 6 heteroatoms. The first-order chi connectivity index (χ1) is 7.72. The lowest BCUT2D eigenvalue weighted by Crippen LogP contribution is -2.26. The Balaban J connectivity index is 2.65. The molecule has 0 fully saturated rings. The first-order valence-corrected chi connectivity index (χ1v) is 4.69. The second-order valence-electron chi connectivity index (χ2n) is 3.22. The van der Waals surface area contributed by atoms with Gasteiger partial charge in [0.2, 0.25) is 5.95 Å². The summed E-state index contributed by atoms with van der Waals surface area (Å²) in [4.78, 5) is 19.3. The molecule has 0 amide bonds. The summed E-state index contributed by atoms with van der Waals surface area (Å²) in [5.41, 5.74) is 2.70. The van der Waals surface area contributed by atoms with Gasteiger partial charge >= 0.3 is 5.69 Å². The van der Waals surface area contributed by atoms with Gasteiger partial charge in [-0.2, -0.15) is 9.97 Å². The van der Waals surface area contributed by atoms with E-state index in [1.165, 1.54) is 4.57 Å². The molecule has 1 heterocycles. The maximum absolute atomic E-state index is 11.5. The molecule has 0 aliphatic heterocycles. The predicted molar refractivity (Wildman–Crippen MR) is 60.5 cm³/mol. The average molecular weight is 217 g/mol. The number of rotatable bonds is 2. The summed E-state index contributed by atoms with van der Waals surface area (Å²) in [6, 6.07) is 9.37. The molecule has 3 N–H and O–H groups in total. The van der Waals surface area contributed by atoms with E-state index in [2.05, 4.69) is 15.4 Å². The Kier molecular flexibility index (Phi) is 2.65. The predicted octanol–water partition coefficient (Wildman–Crippen LogP) is 0.128. The number of nitrogens with one attached hydrogen (secondary N) is 1. The molecule has 0 spiro atoms. The molecule has 0 aliphatic carbocycles. The van der Waals surface area contributed by atoms with Gasteiger partial charge in [-0.05, 0) is 0 Å². The fraction of sp³-hybridized carbons (Fsp3) is 0.100. The number of hydrogen-bond donors (Lipinski definition) is 2. The SMILES string of the molecule is Cn1c(-c2ccccc2)nc(NN)nc1=O. The monoisotopic (exact) mass is 217 g/mol. The fourth-order valence-corrected chi connectivity index (χ4v) is 1.37. The number of nitrogen functional groups attached to an aromatic ring is 1. The smallest absolute Gasteiger partial charge is 0.292 e. The Morgan fingerprint density at radius 1 is 1.25 bits per heavy atom. The molecule has 6 nitrogen and oxygen atoms in total. The van der Waals surface area contributed by atoms with Crippen LogP contribution in [0.5, 0.6) is 0 Å². The maximum Gasteiger partial charge on any atom is 0.352 e. The largest absolute Gasteiger partial charge is 0.352 e. The zero-order valence-electron chi connectivity index (χ0n) is 8.71. The Morgan fingerprint density at radius 3 is 2.56 bits per heavy atom. The van der Waals surface area contributed by atoms with E-state index in [1.807, 2.05) is 30.3 Å². The normalized spacial score (nSPS) is 10.1. The number of hydrazine groups is 1. The molecule has 0 saturated heterocycles. The van der Waals surface area contributed by atoms with Crippen molar-refractivity contribution >= 4 is 5.95 Å². The van der Waals surface area contributed by atoms with Gasteiger partial charge in [-0.1, -0.05) is 30.3 Å². The van der Waals surface area contributed by atoms with Crippen LogP contribution < -0.4 is 17.0 Å². The molecule has 1 aromatic heterocycles. The Bertz CT molecular complexity index is 549. The van der Waals surface area contributed by atoms with Crippen LogP contribution in [0.2, 0.25) is 0 Å². The number of benzene rings is 1. The van der Waals surface area contributed by atoms with Crippen LogP contribution >= 0.6 is 0 Å².